The molecule has 1 N–H and O–H groups in total. The van der Waals surface area contributed by atoms with Crippen LogP contribution in [0.1, 0.15) is 36.0 Å². The lowest BCUT2D eigenvalue weighted by atomic mass is 10.1. The fourth-order valence-electron chi connectivity index (χ4n) is 2.50. The van der Waals surface area contributed by atoms with Crippen molar-refractivity contribution in [2.24, 2.45) is 0 Å². The number of rotatable bonds is 4. The zero-order chi connectivity index (χ0) is 13.0. The second kappa shape index (κ2) is 6.18. The van der Waals surface area contributed by atoms with Gasteiger partial charge in [-0.1, -0.05) is 28.8 Å². The van der Waals surface area contributed by atoms with Crippen molar-refractivity contribution in [1.29, 1.82) is 0 Å². The van der Waals surface area contributed by atoms with Gasteiger partial charge in [0.1, 0.15) is 0 Å². The van der Waals surface area contributed by atoms with Gasteiger partial charge in [-0.05, 0) is 18.9 Å². The SMILES string of the molecule is O=C(c1cc[nH]c(=O)c1)N(CCBr)C1CCCC1. The van der Waals surface area contributed by atoms with E-state index in [1.54, 1.807) is 6.07 Å². The Morgan fingerprint density at radius 2 is 2.17 bits per heavy atom. The number of amides is 1. The third-order valence-electron chi connectivity index (χ3n) is 3.37. The van der Waals surface area contributed by atoms with E-state index in [0.717, 1.165) is 18.2 Å². The number of H-pyrrole nitrogens is 1. The maximum atomic E-state index is 12.4. The number of hydrogen-bond acceptors (Lipinski definition) is 2. The Labute approximate surface area is 115 Å². The summed E-state index contributed by atoms with van der Waals surface area (Å²) in [5.74, 6) is -0.0348. The van der Waals surface area contributed by atoms with Crippen LogP contribution in [0.4, 0.5) is 0 Å². The van der Waals surface area contributed by atoms with E-state index in [2.05, 4.69) is 20.9 Å². The molecule has 1 aliphatic carbocycles. The second-order valence-electron chi connectivity index (χ2n) is 4.57. The molecule has 1 saturated carbocycles. The maximum Gasteiger partial charge on any atom is 0.254 e. The number of aromatic amines is 1. The molecule has 4 nitrogen and oxygen atoms in total. The molecule has 0 atom stereocenters. The van der Waals surface area contributed by atoms with Crippen LogP contribution in [0.3, 0.4) is 0 Å². The van der Waals surface area contributed by atoms with Gasteiger partial charge in [0.15, 0.2) is 0 Å². The summed E-state index contributed by atoms with van der Waals surface area (Å²) in [7, 11) is 0. The molecule has 2 rings (SSSR count). The average Bonchev–Trinajstić information content (AvgIpc) is 2.89. The largest absolute Gasteiger partial charge is 0.335 e. The molecular formula is C13H17BrN2O2. The predicted molar refractivity (Wildman–Crippen MR) is 74.1 cm³/mol. The number of nitrogens with one attached hydrogen (secondary N) is 1. The monoisotopic (exact) mass is 312 g/mol. The van der Waals surface area contributed by atoms with Gasteiger partial charge in [0.25, 0.3) is 5.91 Å². The molecule has 0 bridgehead atoms. The quantitative estimate of drug-likeness (QED) is 0.866. The molecule has 0 saturated heterocycles. The first-order chi connectivity index (χ1) is 8.72. The lowest BCUT2D eigenvalue weighted by Gasteiger charge is -2.28. The van der Waals surface area contributed by atoms with Crippen molar-refractivity contribution in [2.45, 2.75) is 31.7 Å². The summed E-state index contributed by atoms with van der Waals surface area (Å²) in [4.78, 5) is 28.1. The maximum absolute atomic E-state index is 12.4. The predicted octanol–water partition coefficient (Wildman–Crippen LogP) is 2.15. The van der Waals surface area contributed by atoms with Gasteiger partial charge >= 0.3 is 0 Å². The van der Waals surface area contributed by atoms with Crippen molar-refractivity contribution < 1.29 is 4.79 Å². The molecule has 0 radical (unpaired) electrons. The molecule has 0 aromatic carbocycles. The van der Waals surface area contributed by atoms with E-state index in [1.165, 1.54) is 25.1 Å². The Bertz CT molecular complexity index is 466. The van der Waals surface area contributed by atoms with Gasteiger partial charge in [-0.15, -0.1) is 0 Å². The molecule has 98 valence electrons. The van der Waals surface area contributed by atoms with Crippen LogP contribution in [-0.2, 0) is 0 Å². The Kier molecular flexibility index (Phi) is 4.58. The summed E-state index contributed by atoms with van der Waals surface area (Å²) in [6.45, 7) is 0.691. The van der Waals surface area contributed by atoms with Crippen LogP contribution < -0.4 is 5.56 Å². The summed E-state index contributed by atoms with van der Waals surface area (Å²) < 4.78 is 0. The molecule has 1 aromatic heterocycles. The van der Waals surface area contributed by atoms with Crippen LogP contribution in [0.25, 0.3) is 0 Å². The van der Waals surface area contributed by atoms with Gasteiger partial charge in [0.2, 0.25) is 5.56 Å². The van der Waals surface area contributed by atoms with E-state index in [9.17, 15) is 9.59 Å². The molecule has 1 heterocycles. The average molecular weight is 313 g/mol. The van der Waals surface area contributed by atoms with Crippen molar-refractivity contribution in [2.75, 3.05) is 11.9 Å². The van der Waals surface area contributed by atoms with Gasteiger partial charge < -0.3 is 9.88 Å². The van der Waals surface area contributed by atoms with Crippen molar-refractivity contribution in [1.82, 2.24) is 9.88 Å². The van der Waals surface area contributed by atoms with Gasteiger partial charge in [0, 0.05) is 35.7 Å². The molecule has 18 heavy (non-hydrogen) atoms. The van der Waals surface area contributed by atoms with Crippen LogP contribution in [-0.4, -0.2) is 33.7 Å². The number of pyridine rings is 1. The molecule has 5 heteroatoms. The summed E-state index contributed by atoms with van der Waals surface area (Å²) in [6, 6.07) is 3.37. The first kappa shape index (κ1) is 13.3. The minimum atomic E-state index is -0.230. The highest BCUT2D eigenvalue weighted by atomic mass is 79.9. The first-order valence-electron chi connectivity index (χ1n) is 6.28. The number of nitrogens with zero attached hydrogens (tertiary/aromatic N) is 1. The van der Waals surface area contributed by atoms with Crippen molar-refractivity contribution >= 4 is 21.8 Å². The van der Waals surface area contributed by atoms with Gasteiger partial charge in [-0.3, -0.25) is 9.59 Å². The fraction of sp³-hybridized carbons (Fsp3) is 0.538. The molecular weight excluding hydrogens is 296 g/mol. The van der Waals surface area contributed by atoms with E-state index >= 15 is 0 Å². The standard InChI is InChI=1S/C13H17BrN2O2/c14-6-8-16(11-3-1-2-4-11)13(18)10-5-7-15-12(17)9-10/h5,7,9,11H,1-4,6,8H2,(H,15,17). The molecule has 1 aromatic rings. The molecule has 1 aliphatic rings. The van der Waals surface area contributed by atoms with E-state index in [0.29, 0.717) is 18.2 Å². The van der Waals surface area contributed by atoms with E-state index in [1.807, 2.05) is 4.90 Å². The van der Waals surface area contributed by atoms with Crippen LogP contribution in [0.5, 0.6) is 0 Å². The second-order valence-corrected chi connectivity index (χ2v) is 5.36. The molecule has 1 amide bonds. The highest BCUT2D eigenvalue weighted by Gasteiger charge is 2.26. The van der Waals surface area contributed by atoms with Crippen LogP contribution in [0.15, 0.2) is 23.1 Å². The van der Waals surface area contributed by atoms with Gasteiger partial charge in [0.05, 0.1) is 0 Å². The Hall–Kier alpha value is -1.10. The Balaban J connectivity index is 2.19. The summed E-state index contributed by atoms with van der Waals surface area (Å²) >= 11 is 3.39. The third-order valence-corrected chi connectivity index (χ3v) is 3.73. The highest BCUT2D eigenvalue weighted by Crippen LogP contribution is 2.24. The third kappa shape index (κ3) is 3.02. The zero-order valence-electron chi connectivity index (χ0n) is 10.2. The number of alkyl halides is 1. The number of hydrogen-bond donors (Lipinski definition) is 1. The molecule has 1 fully saturated rings. The van der Waals surface area contributed by atoms with Gasteiger partial charge in [-0.2, -0.15) is 0 Å². The molecule has 0 aliphatic heterocycles. The number of carbonyl (C=O) groups is 1. The summed E-state index contributed by atoms with van der Waals surface area (Å²) in [5, 5.41) is 0.762. The Morgan fingerprint density at radius 3 is 2.78 bits per heavy atom. The van der Waals surface area contributed by atoms with Gasteiger partial charge in [-0.25, -0.2) is 0 Å². The number of carbonyl (C=O) groups excluding carboxylic acids is 1. The molecule has 0 spiro atoms. The zero-order valence-corrected chi connectivity index (χ0v) is 11.8. The number of halogens is 1. The van der Waals surface area contributed by atoms with Crippen LogP contribution in [0, 0.1) is 0 Å². The fourth-order valence-corrected chi connectivity index (χ4v) is 2.88. The summed E-state index contributed by atoms with van der Waals surface area (Å²) in [6.07, 6.45) is 6.04. The minimum absolute atomic E-state index is 0.0348. The van der Waals surface area contributed by atoms with Crippen molar-refractivity contribution in [3.63, 3.8) is 0 Å². The van der Waals surface area contributed by atoms with Crippen molar-refractivity contribution in [3.8, 4) is 0 Å². The molecule has 0 unspecified atom stereocenters. The van der Waals surface area contributed by atoms with Crippen LogP contribution in [0.2, 0.25) is 0 Å². The van der Waals surface area contributed by atoms with Crippen molar-refractivity contribution in [3.05, 3.63) is 34.2 Å². The summed E-state index contributed by atoms with van der Waals surface area (Å²) in [5.41, 5.74) is 0.248. The lowest BCUT2D eigenvalue weighted by molar-refractivity contribution is 0.0696. The minimum Gasteiger partial charge on any atom is -0.335 e. The van der Waals surface area contributed by atoms with E-state index in [-0.39, 0.29) is 11.5 Å². The lowest BCUT2D eigenvalue weighted by Crippen LogP contribution is -2.40. The highest BCUT2D eigenvalue weighted by molar-refractivity contribution is 9.09. The number of aromatic nitrogens is 1. The normalized spacial score (nSPS) is 15.8. The first-order valence-corrected chi connectivity index (χ1v) is 7.40. The van der Waals surface area contributed by atoms with E-state index < -0.39 is 0 Å². The van der Waals surface area contributed by atoms with E-state index in [4.69, 9.17) is 0 Å². The smallest absolute Gasteiger partial charge is 0.254 e. The van der Waals surface area contributed by atoms with Crippen LogP contribution >= 0.6 is 15.9 Å². The Morgan fingerprint density at radius 1 is 1.44 bits per heavy atom. The topological polar surface area (TPSA) is 53.2 Å².